The molecule has 0 aliphatic carbocycles. The first-order chi connectivity index (χ1) is 8.66. The second-order valence-electron chi connectivity index (χ2n) is 3.88. The first kappa shape index (κ1) is 12.1. The number of nitrogens with two attached hydrogens (primary N) is 1. The first-order valence-electron chi connectivity index (χ1n) is 5.54. The fraction of sp³-hybridized carbons (Fsp3) is 0.0714. The van der Waals surface area contributed by atoms with Gasteiger partial charge in [0.15, 0.2) is 0 Å². The van der Waals surface area contributed by atoms with Crippen LogP contribution in [-0.4, -0.2) is 5.91 Å². The highest BCUT2D eigenvalue weighted by atomic mass is 19.1. The summed E-state index contributed by atoms with van der Waals surface area (Å²) >= 11 is 0. The van der Waals surface area contributed by atoms with E-state index in [4.69, 9.17) is 5.73 Å². The lowest BCUT2D eigenvalue weighted by Crippen LogP contribution is -2.15. The molecule has 0 aliphatic heterocycles. The number of hydrogen-bond acceptors (Lipinski definition) is 2. The average molecular weight is 244 g/mol. The zero-order chi connectivity index (χ0) is 13.0. The van der Waals surface area contributed by atoms with Crippen molar-refractivity contribution in [1.82, 2.24) is 0 Å². The molecule has 0 radical (unpaired) electrons. The number of rotatable bonds is 4. The van der Waals surface area contributed by atoms with Gasteiger partial charge in [0.05, 0.1) is 0 Å². The summed E-state index contributed by atoms with van der Waals surface area (Å²) in [6.45, 7) is 0.463. The SMILES string of the molecule is NC(=O)c1ccccc1CNc1ccc(F)cc1. The van der Waals surface area contributed by atoms with Crippen LogP contribution < -0.4 is 11.1 Å². The third-order valence-electron chi connectivity index (χ3n) is 2.61. The summed E-state index contributed by atoms with van der Waals surface area (Å²) in [6, 6.07) is 13.2. The second-order valence-corrected chi connectivity index (χ2v) is 3.88. The summed E-state index contributed by atoms with van der Waals surface area (Å²) in [4.78, 5) is 11.2. The second kappa shape index (κ2) is 5.31. The molecule has 0 fully saturated rings. The number of nitrogens with one attached hydrogen (secondary N) is 1. The molecule has 1 amide bonds. The van der Waals surface area contributed by atoms with Gasteiger partial charge < -0.3 is 11.1 Å². The Morgan fingerprint density at radius 2 is 1.78 bits per heavy atom. The molecule has 3 nitrogen and oxygen atoms in total. The molecule has 0 aromatic heterocycles. The molecule has 0 unspecified atom stereocenters. The van der Waals surface area contributed by atoms with Gasteiger partial charge in [-0.3, -0.25) is 4.79 Å². The molecule has 0 spiro atoms. The van der Waals surface area contributed by atoms with E-state index in [1.54, 1.807) is 24.3 Å². The van der Waals surface area contributed by atoms with Crippen molar-refractivity contribution in [2.24, 2.45) is 5.73 Å². The maximum Gasteiger partial charge on any atom is 0.249 e. The van der Waals surface area contributed by atoms with Crippen LogP contribution in [0.3, 0.4) is 0 Å². The van der Waals surface area contributed by atoms with Gasteiger partial charge in [-0.1, -0.05) is 18.2 Å². The van der Waals surface area contributed by atoms with Gasteiger partial charge in [-0.05, 0) is 35.9 Å². The topological polar surface area (TPSA) is 55.1 Å². The lowest BCUT2D eigenvalue weighted by molar-refractivity contribution is 0.0999. The van der Waals surface area contributed by atoms with Gasteiger partial charge in [-0.15, -0.1) is 0 Å². The number of carbonyl (C=O) groups is 1. The summed E-state index contributed by atoms with van der Waals surface area (Å²) in [5.41, 5.74) is 7.38. The molecule has 92 valence electrons. The third-order valence-corrected chi connectivity index (χ3v) is 2.61. The maximum atomic E-state index is 12.7. The van der Waals surface area contributed by atoms with E-state index in [0.29, 0.717) is 12.1 Å². The van der Waals surface area contributed by atoms with Gasteiger partial charge >= 0.3 is 0 Å². The number of benzene rings is 2. The van der Waals surface area contributed by atoms with Crippen molar-refractivity contribution >= 4 is 11.6 Å². The van der Waals surface area contributed by atoms with Crippen LogP contribution in [0.4, 0.5) is 10.1 Å². The summed E-state index contributed by atoms with van der Waals surface area (Å²) in [5, 5.41) is 3.11. The van der Waals surface area contributed by atoms with Gasteiger partial charge in [0, 0.05) is 17.8 Å². The van der Waals surface area contributed by atoms with E-state index in [9.17, 15) is 9.18 Å². The summed E-state index contributed by atoms with van der Waals surface area (Å²) in [5.74, 6) is -0.732. The van der Waals surface area contributed by atoms with E-state index in [0.717, 1.165) is 11.3 Å². The van der Waals surface area contributed by atoms with Crippen molar-refractivity contribution in [3.05, 3.63) is 65.5 Å². The Bertz CT molecular complexity index is 552. The zero-order valence-corrected chi connectivity index (χ0v) is 9.69. The molecule has 4 heteroatoms. The van der Waals surface area contributed by atoms with Gasteiger partial charge in [0.2, 0.25) is 5.91 Å². The normalized spacial score (nSPS) is 10.1. The van der Waals surface area contributed by atoms with Crippen LogP contribution in [0.25, 0.3) is 0 Å². The summed E-state index contributed by atoms with van der Waals surface area (Å²) < 4.78 is 12.7. The molecule has 0 saturated carbocycles. The highest BCUT2D eigenvalue weighted by Gasteiger charge is 2.06. The first-order valence-corrected chi connectivity index (χ1v) is 5.54. The van der Waals surface area contributed by atoms with Crippen molar-refractivity contribution in [1.29, 1.82) is 0 Å². The van der Waals surface area contributed by atoms with Crippen LogP contribution in [0.2, 0.25) is 0 Å². The van der Waals surface area contributed by atoms with Crippen LogP contribution in [-0.2, 0) is 6.54 Å². The minimum Gasteiger partial charge on any atom is -0.381 e. The lowest BCUT2D eigenvalue weighted by atomic mass is 10.1. The number of primary amides is 1. The Hall–Kier alpha value is -2.36. The average Bonchev–Trinajstić information content (AvgIpc) is 2.38. The highest BCUT2D eigenvalue weighted by molar-refractivity contribution is 5.94. The minimum atomic E-state index is -0.452. The number of halogens is 1. The van der Waals surface area contributed by atoms with E-state index >= 15 is 0 Å². The quantitative estimate of drug-likeness (QED) is 0.868. The van der Waals surface area contributed by atoms with E-state index < -0.39 is 5.91 Å². The van der Waals surface area contributed by atoms with Crippen LogP contribution in [0, 0.1) is 5.82 Å². The fourth-order valence-electron chi connectivity index (χ4n) is 1.68. The molecule has 0 aliphatic rings. The molecular formula is C14H13FN2O. The van der Waals surface area contributed by atoms with E-state index in [1.165, 1.54) is 12.1 Å². The number of anilines is 1. The van der Waals surface area contributed by atoms with Crippen LogP contribution in [0.15, 0.2) is 48.5 Å². The smallest absolute Gasteiger partial charge is 0.249 e. The molecule has 2 rings (SSSR count). The Morgan fingerprint density at radius 1 is 1.11 bits per heavy atom. The molecule has 2 aromatic rings. The van der Waals surface area contributed by atoms with Crippen LogP contribution in [0.1, 0.15) is 15.9 Å². The van der Waals surface area contributed by atoms with E-state index in [-0.39, 0.29) is 5.82 Å². The molecule has 3 N–H and O–H groups in total. The molecule has 0 heterocycles. The van der Waals surface area contributed by atoms with Gasteiger partial charge in [0.1, 0.15) is 5.82 Å². The van der Waals surface area contributed by atoms with Crippen LogP contribution in [0.5, 0.6) is 0 Å². The molecule has 2 aromatic carbocycles. The Morgan fingerprint density at radius 3 is 2.44 bits per heavy atom. The number of hydrogen-bond donors (Lipinski definition) is 2. The largest absolute Gasteiger partial charge is 0.381 e. The summed E-state index contributed by atoms with van der Waals surface area (Å²) in [7, 11) is 0. The lowest BCUT2D eigenvalue weighted by Gasteiger charge is -2.09. The standard InChI is InChI=1S/C14H13FN2O/c15-11-5-7-12(8-6-11)17-9-10-3-1-2-4-13(10)14(16)18/h1-8,17H,9H2,(H2,16,18). The van der Waals surface area contributed by atoms with Crippen molar-refractivity contribution in [2.75, 3.05) is 5.32 Å². The van der Waals surface area contributed by atoms with Gasteiger partial charge in [0.25, 0.3) is 0 Å². The Kier molecular flexibility index (Phi) is 3.57. The highest BCUT2D eigenvalue weighted by Crippen LogP contribution is 2.13. The fourth-order valence-corrected chi connectivity index (χ4v) is 1.68. The molecule has 18 heavy (non-hydrogen) atoms. The van der Waals surface area contributed by atoms with E-state index in [1.807, 2.05) is 12.1 Å². The Labute approximate surface area is 104 Å². The van der Waals surface area contributed by atoms with Crippen molar-refractivity contribution in [3.63, 3.8) is 0 Å². The molecular weight excluding hydrogens is 231 g/mol. The van der Waals surface area contributed by atoms with Crippen LogP contribution >= 0.6 is 0 Å². The van der Waals surface area contributed by atoms with E-state index in [2.05, 4.69) is 5.32 Å². The molecule has 0 bridgehead atoms. The molecule has 0 saturated heterocycles. The summed E-state index contributed by atoms with van der Waals surface area (Å²) in [6.07, 6.45) is 0. The number of amides is 1. The maximum absolute atomic E-state index is 12.7. The van der Waals surface area contributed by atoms with Crippen molar-refractivity contribution in [3.8, 4) is 0 Å². The minimum absolute atomic E-state index is 0.280. The molecule has 0 atom stereocenters. The third kappa shape index (κ3) is 2.85. The monoisotopic (exact) mass is 244 g/mol. The van der Waals surface area contributed by atoms with Crippen molar-refractivity contribution < 1.29 is 9.18 Å². The zero-order valence-electron chi connectivity index (χ0n) is 9.69. The van der Waals surface area contributed by atoms with Gasteiger partial charge in [-0.2, -0.15) is 0 Å². The number of carbonyl (C=O) groups excluding carboxylic acids is 1. The van der Waals surface area contributed by atoms with Crippen molar-refractivity contribution in [2.45, 2.75) is 6.54 Å². The van der Waals surface area contributed by atoms with Gasteiger partial charge in [-0.25, -0.2) is 4.39 Å². The predicted octanol–water partition coefficient (Wildman–Crippen LogP) is 2.54. The Balaban J connectivity index is 2.10. The predicted molar refractivity (Wildman–Crippen MR) is 68.7 cm³/mol.